The molecule has 1 amide bonds. The van der Waals surface area contributed by atoms with E-state index >= 15 is 0 Å². The number of nitrogens with zero attached hydrogens (tertiary/aromatic N) is 1. The van der Waals surface area contributed by atoms with Crippen molar-refractivity contribution in [2.75, 3.05) is 0 Å². The summed E-state index contributed by atoms with van der Waals surface area (Å²) in [4.78, 5) is 18.4. The third-order valence-corrected chi connectivity index (χ3v) is 2.48. The van der Waals surface area contributed by atoms with Crippen molar-refractivity contribution in [2.45, 2.75) is 19.9 Å². The van der Waals surface area contributed by atoms with Gasteiger partial charge >= 0.3 is 0 Å². The molecule has 0 atom stereocenters. The Morgan fingerprint density at radius 1 is 1.47 bits per heavy atom. The molecule has 1 heterocycles. The molecule has 17 heavy (non-hydrogen) atoms. The smallest absolute Gasteiger partial charge is 0.226 e. The average molecular weight is 229 g/mol. The number of carbonyl (C=O) groups is 1. The van der Waals surface area contributed by atoms with Crippen molar-refractivity contribution in [3.8, 4) is 0 Å². The van der Waals surface area contributed by atoms with E-state index in [0.717, 1.165) is 11.3 Å². The maximum absolute atomic E-state index is 11.6. The average Bonchev–Trinajstić information content (AvgIpc) is 2.79. The molecule has 0 saturated heterocycles. The number of H-pyrrole nitrogens is 1. The molecule has 0 aliphatic carbocycles. The van der Waals surface area contributed by atoms with Gasteiger partial charge in [0, 0.05) is 18.4 Å². The summed E-state index contributed by atoms with van der Waals surface area (Å²) in [6.45, 7) is 2.60. The van der Waals surface area contributed by atoms with Crippen molar-refractivity contribution in [2.24, 2.45) is 0 Å². The van der Waals surface area contributed by atoms with Gasteiger partial charge in [-0.1, -0.05) is 29.8 Å². The zero-order valence-electron chi connectivity index (χ0n) is 9.73. The van der Waals surface area contributed by atoms with Crippen molar-refractivity contribution in [1.82, 2.24) is 15.3 Å². The van der Waals surface area contributed by atoms with Crippen molar-refractivity contribution in [3.05, 3.63) is 53.6 Å². The van der Waals surface area contributed by atoms with Crippen LogP contribution in [-0.4, -0.2) is 15.9 Å². The second kappa shape index (κ2) is 5.30. The quantitative estimate of drug-likeness (QED) is 0.836. The monoisotopic (exact) mass is 229 g/mol. The SMILES string of the molecule is Cc1cccc(CNC(=O)Cc2cnc[nH]2)c1. The van der Waals surface area contributed by atoms with Crippen LogP contribution in [0.1, 0.15) is 16.8 Å². The molecule has 0 radical (unpaired) electrons. The Balaban J connectivity index is 1.84. The number of aromatic nitrogens is 2. The fourth-order valence-electron chi connectivity index (χ4n) is 1.64. The van der Waals surface area contributed by atoms with Crippen LogP contribution < -0.4 is 5.32 Å². The third-order valence-electron chi connectivity index (χ3n) is 2.48. The van der Waals surface area contributed by atoms with Crippen LogP contribution in [0.2, 0.25) is 0 Å². The van der Waals surface area contributed by atoms with E-state index in [4.69, 9.17) is 0 Å². The number of amides is 1. The second-order valence-corrected chi connectivity index (χ2v) is 4.02. The zero-order valence-corrected chi connectivity index (χ0v) is 9.73. The molecule has 4 heteroatoms. The van der Waals surface area contributed by atoms with E-state index in [-0.39, 0.29) is 5.91 Å². The van der Waals surface area contributed by atoms with Crippen LogP contribution in [0.3, 0.4) is 0 Å². The lowest BCUT2D eigenvalue weighted by atomic mass is 10.1. The van der Waals surface area contributed by atoms with Gasteiger partial charge in [-0.2, -0.15) is 0 Å². The van der Waals surface area contributed by atoms with E-state index in [0.29, 0.717) is 13.0 Å². The lowest BCUT2D eigenvalue weighted by molar-refractivity contribution is -0.120. The van der Waals surface area contributed by atoms with Gasteiger partial charge in [0.25, 0.3) is 0 Å². The summed E-state index contributed by atoms with van der Waals surface area (Å²) in [6.07, 6.45) is 3.57. The lowest BCUT2D eigenvalue weighted by Gasteiger charge is -2.05. The summed E-state index contributed by atoms with van der Waals surface area (Å²) in [7, 11) is 0. The number of hydrogen-bond donors (Lipinski definition) is 2. The van der Waals surface area contributed by atoms with Crippen LogP contribution in [0.5, 0.6) is 0 Å². The van der Waals surface area contributed by atoms with Gasteiger partial charge in [0.1, 0.15) is 0 Å². The molecular formula is C13H15N3O. The molecule has 88 valence electrons. The summed E-state index contributed by atoms with van der Waals surface area (Å²) in [5, 5.41) is 2.88. The molecule has 1 aromatic carbocycles. The van der Waals surface area contributed by atoms with Crippen molar-refractivity contribution in [1.29, 1.82) is 0 Å². The van der Waals surface area contributed by atoms with E-state index in [2.05, 4.69) is 21.4 Å². The first kappa shape index (κ1) is 11.4. The first-order chi connectivity index (χ1) is 8.24. The van der Waals surface area contributed by atoms with Crippen LogP contribution in [0, 0.1) is 6.92 Å². The van der Waals surface area contributed by atoms with E-state index in [9.17, 15) is 4.79 Å². The van der Waals surface area contributed by atoms with Gasteiger partial charge in [0.2, 0.25) is 5.91 Å². The van der Waals surface area contributed by atoms with Crippen LogP contribution in [0.15, 0.2) is 36.8 Å². The maximum Gasteiger partial charge on any atom is 0.226 e. The van der Waals surface area contributed by atoms with Crippen LogP contribution in [-0.2, 0) is 17.8 Å². The van der Waals surface area contributed by atoms with Crippen molar-refractivity contribution in [3.63, 3.8) is 0 Å². The number of aryl methyl sites for hydroxylation is 1. The Morgan fingerprint density at radius 2 is 2.35 bits per heavy atom. The number of imidazole rings is 1. The van der Waals surface area contributed by atoms with Gasteiger partial charge < -0.3 is 10.3 Å². The van der Waals surface area contributed by atoms with E-state index < -0.39 is 0 Å². The van der Waals surface area contributed by atoms with Gasteiger partial charge in [-0.3, -0.25) is 4.79 Å². The van der Waals surface area contributed by atoms with Gasteiger partial charge in [0.05, 0.1) is 12.7 Å². The summed E-state index contributed by atoms with van der Waals surface area (Å²) < 4.78 is 0. The van der Waals surface area contributed by atoms with Crippen LogP contribution in [0.4, 0.5) is 0 Å². The van der Waals surface area contributed by atoms with Gasteiger partial charge in [0.15, 0.2) is 0 Å². The Hall–Kier alpha value is -2.10. The van der Waals surface area contributed by atoms with Crippen molar-refractivity contribution >= 4 is 5.91 Å². The highest BCUT2D eigenvalue weighted by Crippen LogP contribution is 2.03. The molecule has 0 aliphatic rings. The molecule has 0 spiro atoms. The number of nitrogens with one attached hydrogen (secondary N) is 2. The molecule has 2 N–H and O–H groups in total. The van der Waals surface area contributed by atoms with E-state index in [1.807, 2.05) is 25.1 Å². The molecule has 4 nitrogen and oxygen atoms in total. The molecule has 0 fully saturated rings. The molecule has 2 aromatic rings. The van der Waals surface area contributed by atoms with Gasteiger partial charge in [-0.25, -0.2) is 4.98 Å². The minimum atomic E-state index is -0.00393. The van der Waals surface area contributed by atoms with E-state index in [1.54, 1.807) is 12.5 Å². The first-order valence-electron chi connectivity index (χ1n) is 5.53. The van der Waals surface area contributed by atoms with Gasteiger partial charge in [-0.15, -0.1) is 0 Å². The molecule has 2 rings (SSSR count). The third kappa shape index (κ3) is 3.45. The van der Waals surface area contributed by atoms with Gasteiger partial charge in [-0.05, 0) is 12.5 Å². The van der Waals surface area contributed by atoms with Crippen LogP contribution >= 0.6 is 0 Å². The molecule has 1 aromatic heterocycles. The standard InChI is InChI=1S/C13H15N3O/c1-10-3-2-4-11(5-10)7-15-13(17)6-12-8-14-9-16-12/h2-5,8-9H,6-7H2,1H3,(H,14,16)(H,15,17). The first-order valence-corrected chi connectivity index (χ1v) is 5.53. The minimum Gasteiger partial charge on any atom is -0.352 e. The Labute approximate surface area is 100 Å². The second-order valence-electron chi connectivity index (χ2n) is 4.02. The summed E-state index contributed by atoms with van der Waals surface area (Å²) in [5.41, 5.74) is 3.14. The van der Waals surface area contributed by atoms with Crippen molar-refractivity contribution < 1.29 is 4.79 Å². The normalized spacial score (nSPS) is 10.2. The zero-order chi connectivity index (χ0) is 12.1. The number of rotatable bonds is 4. The largest absolute Gasteiger partial charge is 0.352 e. The fourth-order valence-corrected chi connectivity index (χ4v) is 1.64. The number of benzene rings is 1. The fraction of sp³-hybridized carbons (Fsp3) is 0.231. The summed E-state index contributed by atoms with van der Waals surface area (Å²) in [6, 6.07) is 8.10. The molecule has 0 bridgehead atoms. The summed E-state index contributed by atoms with van der Waals surface area (Å²) >= 11 is 0. The predicted octanol–water partition coefficient (Wildman–Crippen LogP) is 1.58. The topological polar surface area (TPSA) is 57.8 Å². The minimum absolute atomic E-state index is 0.00393. The summed E-state index contributed by atoms with van der Waals surface area (Å²) in [5.74, 6) is -0.00393. The predicted molar refractivity (Wildman–Crippen MR) is 65.3 cm³/mol. The highest BCUT2D eigenvalue weighted by atomic mass is 16.1. The number of aromatic amines is 1. The van der Waals surface area contributed by atoms with E-state index in [1.165, 1.54) is 5.56 Å². The number of carbonyl (C=O) groups excluding carboxylic acids is 1. The highest BCUT2D eigenvalue weighted by molar-refractivity contribution is 5.77. The van der Waals surface area contributed by atoms with Crippen LogP contribution in [0.25, 0.3) is 0 Å². The number of hydrogen-bond acceptors (Lipinski definition) is 2. The Kier molecular flexibility index (Phi) is 3.55. The highest BCUT2D eigenvalue weighted by Gasteiger charge is 2.03. The Bertz CT molecular complexity index is 491. The lowest BCUT2D eigenvalue weighted by Crippen LogP contribution is -2.24. The molecule has 0 saturated carbocycles. The maximum atomic E-state index is 11.6. The molecule has 0 aliphatic heterocycles. The Morgan fingerprint density at radius 3 is 3.06 bits per heavy atom. The molecule has 0 unspecified atom stereocenters. The molecular weight excluding hydrogens is 214 g/mol.